The molecule has 0 saturated carbocycles. The molecule has 0 atom stereocenters. The molecule has 1 aliphatic rings. The van der Waals surface area contributed by atoms with E-state index in [4.69, 9.17) is 22.4 Å². The fourth-order valence-electron chi connectivity index (χ4n) is 2.30. The fraction of sp³-hybridized carbons (Fsp3) is 0.333. The van der Waals surface area contributed by atoms with Gasteiger partial charge in [-0.1, -0.05) is 11.6 Å². The van der Waals surface area contributed by atoms with E-state index >= 15 is 0 Å². The zero-order valence-electron chi connectivity index (χ0n) is 10.7. The molecule has 3 N–H and O–H groups in total. The van der Waals surface area contributed by atoms with Crippen LogP contribution in [0.1, 0.15) is 0 Å². The highest BCUT2D eigenvalue weighted by Crippen LogP contribution is 2.16. The zero-order valence-corrected chi connectivity index (χ0v) is 11.5. The van der Waals surface area contributed by atoms with Crippen molar-refractivity contribution >= 4 is 34.9 Å². The van der Waals surface area contributed by atoms with Gasteiger partial charge in [-0.25, -0.2) is 9.97 Å². The molecule has 0 radical (unpaired) electrons. The first-order chi connectivity index (χ1) is 9.70. The highest BCUT2D eigenvalue weighted by Gasteiger charge is 2.17. The number of halogens is 1. The Morgan fingerprint density at radius 1 is 1.35 bits per heavy atom. The molecular weight excluding hydrogens is 278 g/mol. The number of nitrogens with one attached hydrogen (secondary N) is 3. The van der Waals surface area contributed by atoms with Crippen LogP contribution < -0.4 is 15.7 Å². The Morgan fingerprint density at radius 3 is 2.80 bits per heavy atom. The van der Waals surface area contributed by atoms with Crippen molar-refractivity contribution in [3.8, 4) is 0 Å². The van der Waals surface area contributed by atoms with E-state index in [1.807, 2.05) is 4.90 Å². The molecule has 0 amide bonds. The average molecular weight is 292 g/mol. The van der Waals surface area contributed by atoms with E-state index in [1.54, 1.807) is 6.07 Å². The second-order valence-corrected chi connectivity index (χ2v) is 4.95. The molecule has 3 rings (SSSR count). The lowest BCUT2D eigenvalue weighted by atomic mass is 10.3. The van der Waals surface area contributed by atoms with Gasteiger partial charge < -0.3 is 10.2 Å². The number of aromatic nitrogens is 3. The Morgan fingerprint density at radius 2 is 2.10 bits per heavy atom. The largest absolute Gasteiger partial charge is 0.351 e. The van der Waals surface area contributed by atoms with Gasteiger partial charge in [0, 0.05) is 32.4 Å². The monoisotopic (exact) mass is 291 g/mol. The van der Waals surface area contributed by atoms with Gasteiger partial charge in [0.2, 0.25) is 0 Å². The van der Waals surface area contributed by atoms with Gasteiger partial charge in [-0.05, 0) is 6.07 Å². The normalized spacial score (nSPS) is 15.6. The molecule has 8 heteroatoms. The molecule has 3 heterocycles. The van der Waals surface area contributed by atoms with Crippen molar-refractivity contribution in [3.05, 3.63) is 22.8 Å². The van der Waals surface area contributed by atoms with Crippen LogP contribution in [0.3, 0.4) is 0 Å². The van der Waals surface area contributed by atoms with E-state index in [0.29, 0.717) is 22.0 Å². The summed E-state index contributed by atoms with van der Waals surface area (Å²) < 4.78 is 1.44. The van der Waals surface area contributed by atoms with Crippen LogP contribution in [0.2, 0.25) is 5.02 Å². The summed E-state index contributed by atoms with van der Waals surface area (Å²) in [5, 5.41) is 19.5. The molecule has 0 unspecified atom stereocenters. The number of pyridine rings is 1. The minimum absolute atomic E-state index is 0.179. The molecule has 0 spiro atoms. The number of nitrogens with zero attached hydrogens (tertiary/aromatic N) is 4. The van der Waals surface area contributed by atoms with Gasteiger partial charge in [-0.3, -0.25) is 15.4 Å². The van der Waals surface area contributed by atoms with Crippen molar-refractivity contribution < 1.29 is 0 Å². The molecule has 0 aromatic carbocycles. The Hall–Kier alpha value is -1.99. The van der Waals surface area contributed by atoms with Crippen LogP contribution in [0.25, 0.3) is 11.2 Å². The molecule has 2 aromatic heterocycles. The van der Waals surface area contributed by atoms with Crippen LogP contribution in [0.4, 0.5) is 5.82 Å². The minimum atomic E-state index is 0.179. The third kappa shape index (κ3) is 2.14. The topological polar surface area (TPSA) is 93.7 Å². The third-order valence-corrected chi connectivity index (χ3v) is 3.49. The van der Waals surface area contributed by atoms with Gasteiger partial charge in [0.05, 0.1) is 16.9 Å². The van der Waals surface area contributed by atoms with E-state index in [1.165, 1.54) is 10.8 Å². The van der Waals surface area contributed by atoms with Gasteiger partial charge in [0.15, 0.2) is 17.0 Å². The van der Waals surface area contributed by atoms with E-state index in [0.717, 1.165) is 32.5 Å². The van der Waals surface area contributed by atoms with E-state index in [9.17, 15) is 0 Å². The molecule has 104 valence electrons. The lowest BCUT2D eigenvalue weighted by Gasteiger charge is -2.28. The van der Waals surface area contributed by atoms with Gasteiger partial charge in [0.1, 0.15) is 0 Å². The van der Waals surface area contributed by atoms with Crippen molar-refractivity contribution in [2.45, 2.75) is 0 Å². The third-order valence-electron chi connectivity index (χ3n) is 3.28. The summed E-state index contributed by atoms with van der Waals surface area (Å²) in [4.78, 5) is 10.7. The zero-order chi connectivity index (χ0) is 14.1. The standard InChI is InChI=1S/C12H14ClN7/c13-8-5-9-11(17-6-8)18-12(10(15)20(9)7-14)19-3-1-16-2-4-19/h5-7,14-16H,1-4H2. The molecule has 0 aliphatic carbocycles. The summed E-state index contributed by atoms with van der Waals surface area (Å²) in [6, 6.07) is 1.67. The number of fused-ring (bicyclic) bond motifs is 1. The molecular formula is C12H14ClN7. The van der Waals surface area contributed by atoms with Crippen LogP contribution in [-0.2, 0) is 0 Å². The smallest absolute Gasteiger partial charge is 0.178 e. The molecule has 1 fully saturated rings. The number of hydrogen-bond donors (Lipinski definition) is 3. The Kier molecular flexibility index (Phi) is 3.37. The number of anilines is 1. The first-order valence-electron chi connectivity index (χ1n) is 6.29. The van der Waals surface area contributed by atoms with E-state index in [-0.39, 0.29) is 5.49 Å². The number of rotatable bonds is 2. The maximum absolute atomic E-state index is 8.25. The summed E-state index contributed by atoms with van der Waals surface area (Å²) in [5.74, 6) is 0.553. The predicted molar refractivity (Wildman–Crippen MR) is 77.7 cm³/mol. The van der Waals surface area contributed by atoms with Crippen molar-refractivity contribution in [2.75, 3.05) is 31.1 Å². The fourth-order valence-corrected chi connectivity index (χ4v) is 2.45. The summed E-state index contributed by atoms with van der Waals surface area (Å²) in [5.41, 5.74) is 1.23. The van der Waals surface area contributed by atoms with Crippen molar-refractivity contribution in [2.24, 2.45) is 0 Å². The Labute approximate surface area is 120 Å². The van der Waals surface area contributed by atoms with Gasteiger partial charge in [0.25, 0.3) is 0 Å². The van der Waals surface area contributed by atoms with Crippen molar-refractivity contribution in [1.29, 1.82) is 10.8 Å². The highest BCUT2D eigenvalue weighted by molar-refractivity contribution is 6.31. The summed E-state index contributed by atoms with van der Waals surface area (Å²) in [6.07, 6.45) is 2.62. The maximum Gasteiger partial charge on any atom is 0.178 e. The second-order valence-electron chi connectivity index (χ2n) is 4.52. The molecule has 1 saturated heterocycles. The molecule has 20 heavy (non-hydrogen) atoms. The SMILES string of the molecule is N=Cn1c(=N)c(N2CCNCC2)nc2ncc(Cl)cc21. The maximum atomic E-state index is 8.25. The molecule has 7 nitrogen and oxygen atoms in total. The summed E-state index contributed by atoms with van der Waals surface area (Å²) in [7, 11) is 0. The summed E-state index contributed by atoms with van der Waals surface area (Å²) in [6.45, 7) is 3.29. The molecule has 2 aromatic rings. The van der Waals surface area contributed by atoms with Gasteiger partial charge in [-0.2, -0.15) is 0 Å². The number of piperazine rings is 1. The summed E-state index contributed by atoms with van der Waals surface area (Å²) >= 11 is 5.93. The Bertz CT molecular complexity index is 718. The van der Waals surface area contributed by atoms with Crippen LogP contribution in [0, 0.1) is 10.8 Å². The van der Waals surface area contributed by atoms with Crippen LogP contribution in [-0.4, -0.2) is 47.1 Å². The van der Waals surface area contributed by atoms with Crippen molar-refractivity contribution in [1.82, 2.24) is 19.9 Å². The quantitative estimate of drug-likeness (QED) is 0.552. The van der Waals surface area contributed by atoms with Gasteiger partial charge >= 0.3 is 0 Å². The number of hydrogen-bond acceptors (Lipinski definition) is 6. The van der Waals surface area contributed by atoms with Crippen LogP contribution >= 0.6 is 11.6 Å². The molecule has 1 aliphatic heterocycles. The van der Waals surface area contributed by atoms with Gasteiger partial charge in [-0.15, -0.1) is 0 Å². The highest BCUT2D eigenvalue weighted by atomic mass is 35.5. The van der Waals surface area contributed by atoms with Crippen LogP contribution in [0.15, 0.2) is 12.3 Å². The Balaban J connectivity index is 2.23. The molecule has 0 bridgehead atoms. The van der Waals surface area contributed by atoms with E-state index in [2.05, 4.69) is 15.3 Å². The predicted octanol–water partition coefficient (Wildman–Crippen LogP) is 0.429. The van der Waals surface area contributed by atoms with E-state index < -0.39 is 0 Å². The average Bonchev–Trinajstić information content (AvgIpc) is 2.48. The lowest BCUT2D eigenvalue weighted by molar-refractivity contribution is 0.581. The van der Waals surface area contributed by atoms with Crippen molar-refractivity contribution in [3.63, 3.8) is 0 Å². The first kappa shape index (κ1) is 13.0. The first-order valence-corrected chi connectivity index (χ1v) is 6.67. The lowest BCUT2D eigenvalue weighted by Crippen LogP contribution is -2.46. The minimum Gasteiger partial charge on any atom is -0.351 e. The second kappa shape index (κ2) is 5.18. The van der Waals surface area contributed by atoms with Crippen LogP contribution in [0.5, 0.6) is 0 Å².